The first-order chi connectivity index (χ1) is 11.6. The number of fused-ring (bicyclic) bond motifs is 3. The summed E-state index contributed by atoms with van der Waals surface area (Å²) < 4.78 is 0. The van der Waals surface area contributed by atoms with Crippen LogP contribution in [0, 0.1) is 0 Å². The van der Waals surface area contributed by atoms with Crippen molar-refractivity contribution in [2.45, 2.75) is 44.2 Å². The van der Waals surface area contributed by atoms with Crippen LogP contribution >= 0.6 is 11.6 Å². The average molecular weight is 344 g/mol. The Balaban J connectivity index is 1.61. The second-order valence-corrected chi connectivity index (χ2v) is 7.39. The van der Waals surface area contributed by atoms with E-state index in [1.54, 1.807) is 6.07 Å². The third-order valence-corrected chi connectivity index (χ3v) is 5.79. The van der Waals surface area contributed by atoms with Gasteiger partial charge < -0.3 is 10.2 Å². The molecule has 4 heteroatoms. The summed E-state index contributed by atoms with van der Waals surface area (Å²) in [4.78, 5) is 2.56. The molecule has 1 fully saturated rings. The molecule has 1 aliphatic carbocycles. The normalized spacial score (nSPS) is 23.5. The molecule has 2 N–H and O–H groups in total. The molecule has 2 atom stereocenters. The van der Waals surface area contributed by atoms with Gasteiger partial charge in [0, 0.05) is 23.2 Å². The predicted octanol–water partition coefficient (Wildman–Crippen LogP) is 4.45. The molecular weight excluding hydrogens is 322 g/mol. The van der Waals surface area contributed by atoms with Crippen molar-refractivity contribution in [3.8, 4) is 11.5 Å². The summed E-state index contributed by atoms with van der Waals surface area (Å²) in [7, 11) is 0. The number of piperidine rings is 1. The molecule has 3 nitrogen and oxygen atoms in total. The van der Waals surface area contributed by atoms with Gasteiger partial charge in [-0.05, 0) is 67.5 Å². The van der Waals surface area contributed by atoms with E-state index >= 15 is 0 Å². The van der Waals surface area contributed by atoms with Crippen LogP contribution in [-0.4, -0.2) is 27.7 Å². The molecule has 2 aliphatic rings. The third kappa shape index (κ3) is 2.76. The lowest BCUT2D eigenvalue weighted by molar-refractivity contribution is 0.104. The summed E-state index contributed by atoms with van der Waals surface area (Å²) >= 11 is 6.13. The number of hydrogen-bond donors (Lipinski definition) is 2. The largest absolute Gasteiger partial charge is 0.504 e. The SMILES string of the molecule is Oc1ccc2c(c1O)CCC1C2CCCN1Cc1cccc(Cl)c1. The fourth-order valence-electron chi connectivity index (χ4n) is 4.48. The molecule has 24 heavy (non-hydrogen) atoms. The molecule has 126 valence electrons. The van der Waals surface area contributed by atoms with Crippen molar-refractivity contribution in [2.24, 2.45) is 0 Å². The van der Waals surface area contributed by atoms with Gasteiger partial charge in [-0.2, -0.15) is 0 Å². The van der Waals surface area contributed by atoms with Crippen LogP contribution in [0.1, 0.15) is 41.9 Å². The van der Waals surface area contributed by atoms with Crippen molar-refractivity contribution in [3.63, 3.8) is 0 Å². The Kier molecular flexibility index (Phi) is 4.15. The maximum absolute atomic E-state index is 10.2. The number of hydrogen-bond acceptors (Lipinski definition) is 3. The highest BCUT2D eigenvalue weighted by atomic mass is 35.5. The standard InChI is InChI=1S/C20H22ClNO2/c21-14-4-1-3-13(11-14)12-22-10-2-5-16-15-7-9-19(23)20(24)17(15)6-8-18(16)22/h1,3-4,7,9,11,16,18,23-24H,2,5-6,8,10,12H2. The smallest absolute Gasteiger partial charge is 0.160 e. The number of halogens is 1. The number of aromatic hydroxyl groups is 2. The van der Waals surface area contributed by atoms with Gasteiger partial charge in [0.25, 0.3) is 0 Å². The molecule has 4 rings (SSSR count). The molecule has 0 bridgehead atoms. The number of nitrogens with zero attached hydrogens (tertiary/aromatic N) is 1. The molecule has 2 aromatic rings. The summed E-state index contributed by atoms with van der Waals surface area (Å²) in [5.74, 6) is 0.518. The van der Waals surface area contributed by atoms with Crippen molar-refractivity contribution in [3.05, 3.63) is 58.1 Å². The Bertz CT molecular complexity index is 761. The Morgan fingerprint density at radius 2 is 2.00 bits per heavy atom. The van der Waals surface area contributed by atoms with Crippen LogP contribution in [0.2, 0.25) is 5.02 Å². The highest BCUT2D eigenvalue weighted by Crippen LogP contribution is 2.45. The second-order valence-electron chi connectivity index (χ2n) is 6.96. The number of phenols is 2. The quantitative estimate of drug-likeness (QED) is 0.792. The van der Waals surface area contributed by atoms with E-state index in [4.69, 9.17) is 11.6 Å². The van der Waals surface area contributed by atoms with Gasteiger partial charge in [-0.3, -0.25) is 4.90 Å². The molecule has 0 aromatic heterocycles. The van der Waals surface area contributed by atoms with Gasteiger partial charge in [0.15, 0.2) is 11.5 Å². The van der Waals surface area contributed by atoms with Crippen molar-refractivity contribution in [1.82, 2.24) is 4.90 Å². The Labute approximate surface area is 147 Å². The minimum Gasteiger partial charge on any atom is -0.504 e. The van der Waals surface area contributed by atoms with E-state index in [1.807, 2.05) is 24.3 Å². The summed E-state index contributed by atoms with van der Waals surface area (Å²) in [6.45, 7) is 2.02. The minimum absolute atomic E-state index is 0.00112. The molecule has 2 aromatic carbocycles. The van der Waals surface area contributed by atoms with Crippen LogP contribution in [0.4, 0.5) is 0 Å². The second kappa shape index (κ2) is 6.30. The molecule has 1 aliphatic heterocycles. The number of phenolic OH excluding ortho intramolecular Hbond substituents is 2. The van der Waals surface area contributed by atoms with E-state index in [0.717, 1.165) is 49.4 Å². The molecule has 2 unspecified atom stereocenters. The first-order valence-corrected chi connectivity index (χ1v) is 9.03. The van der Waals surface area contributed by atoms with E-state index in [2.05, 4.69) is 11.0 Å². The Hall–Kier alpha value is -1.71. The fourth-order valence-corrected chi connectivity index (χ4v) is 4.69. The lowest BCUT2D eigenvalue weighted by Gasteiger charge is -2.45. The van der Waals surface area contributed by atoms with Gasteiger partial charge in [-0.1, -0.05) is 29.8 Å². The lowest BCUT2D eigenvalue weighted by atomic mass is 9.74. The zero-order valence-electron chi connectivity index (χ0n) is 13.6. The van der Waals surface area contributed by atoms with Crippen molar-refractivity contribution in [2.75, 3.05) is 6.54 Å². The molecule has 0 saturated carbocycles. The van der Waals surface area contributed by atoms with Gasteiger partial charge in [0.2, 0.25) is 0 Å². The summed E-state index contributed by atoms with van der Waals surface area (Å²) in [5.41, 5.74) is 3.42. The zero-order valence-corrected chi connectivity index (χ0v) is 14.3. The molecule has 0 amide bonds. The van der Waals surface area contributed by atoms with Crippen LogP contribution < -0.4 is 0 Å². The number of rotatable bonds is 2. The average Bonchev–Trinajstić information content (AvgIpc) is 2.58. The summed E-state index contributed by atoms with van der Waals surface area (Å²) in [5, 5.41) is 20.7. The van der Waals surface area contributed by atoms with Crippen LogP contribution in [0.15, 0.2) is 36.4 Å². The van der Waals surface area contributed by atoms with E-state index in [0.29, 0.717) is 12.0 Å². The van der Waals surface area contributed by atoms with Gasteiger partial charge in [-0.25, -0.2) is 0 Å². The maximum atomic E-state index is 10.2. The zero-order chi connectivity index (χ0) is 16.7. The summed E-state index contributed by atoms with van der Waals surface area (Å²) in [6, 6.07) is 12.2. The van der Waals surface area contributed by atoms with E-state index in [-0.39, 0.29) is 11.5 Å². The first kappa shape index (κ1) is 15.8. The molecule has 0 radical (unpaired) electrons. The molecule has 1 heterocycles. The van der Waals surface area contributed by atoms with E-state index < -0.39 is 0 Å². The van der Waals surface area contributed by atoms with E-state index in [1.165, 1.54) is 11.1 Å². The van der Waals surface area contributed by atoms with Gasteiger partial charge in [0.05, 0.1) is 0 Å². The van der Waals surface area contributed by atoms with Crippen LogP contribution in [-0.2, 0) is 13.0 Å². The lowest BCUT2D eigenvalue weighted by Crippen LogP contribution is -2.45. The molecular formula is C20H22ClNO2. The van der Waals surface area contributed by atoms with Crippen LogP contribution in [0.3, 0.4) is 0 Å². The van der Waals surface area contributed by atoms with Crippen LogP contribution in [0.25, 0.3) is 0 Å². The van der Waals surface area contributed by atoms with Gasteiger partial charge >= 0.3 is 0 Å². The van der Waals surface area contributed by atoms with Crippen molar-refractivity contribution < 1.29 is 10.2 Å². The fraction of sp³-hybridized carbons (Fsp3) is 0.400. The Morgan fingerprint density at radius 1 is 1.12 bits per heavy atom. The predicted molar refractivity (Wildman–Crippen MR) is 95.7 cm³/mol. The third-order valence-electron chi connectivity index (χ3n) is 5.56. The minimum atomic E-state index is -0.00112. The van der Waals surface area contributed by atoms with Crippen LogP contribution in [0.5, 0.6) is 11.5 Å². The highest BCUT2D eigenvalue weighted by Gasteiger charge is 2.37. The molecule has 1 saturated heterocycles. The highest BCUT2D eigenvalue weighted by molar-refractivity contribution is 6.30. The first-order valence-electron chi connectivity index (χ1n) is 8.65. The molecule has 0 spiro atoms. The maximum Gasteiger partial charge on any atom is 0.160 e. The topological polar surface area (TPSA) is 43.7 Å². The van der Waals surface area contributed by atoms with Gasteiger partial charge in [-0.15, -0.1) is 0 Å². The number of likely N-dealkylation sites (tertiary alicyclic amines) is 1. The van der Waals surface area contributed by atoms with Crippen molar-refractivity contribution in [1.29, 1.82) is 0 Å². The monoisotopic (exact) mass is 343 g/mol. The van der Waals surface area contributed by atoms with Gasteiger partial charge in [0.1, 0.15) is 0 Å². The van der Waals surface area contributed by atoms with Crippen molar-refractivity contribution >= 4 is 11.6 Å². The Morgan fingerprint density at radius 3 is 2.83 bits per heavy atom. The summed E-state index contributed by atoms with van der Waals surface area (Å²) in [6.07, 6.45) is 4.15. The number of benzene rings is 2. The van der Waals surface area contributed by atoms with E-state index in [9.17, 15) is 10.2 Å².